The first-order chi connectivity index (χ1) is 10.3. The number of aromatic amines is 1. The van der Waals surface area contributed by atoms with Gasteiger partial charge in [-0.2, -0.15) is 13.2 Å². The molecule has 0 aliphatic carbocycles. The molecule has 2 aromatic heterocycles. The van der Waals surface area contributed by atoms with Crippen LogP contribution >= 0.6 is 11.8 Å². The summed E-state index contributed by atoms with van der Waals surface area (Å²) in [5.74, 6) is 1.37. The van der Waals surface area contributed by atoms with Crippen molar-refractivity contribution in [2.45, 2.75) is 38.0 Å². The lowest BCUT2D eigenvalue weighted by atomic mass is 10.2. The maximum Gasteiger partial charge on any atom is 0.433 e. The maximum atomic E-state index is 12.6. The highest BCUT2D eigenvalue weighted by atomic mass is 32.2. The highest BCUT2D eigenvalue weighted by molar-refractivity contribution is 7.97. The second kappa shape index (κ2) is 6.55. The van der Waals surface area contributed by atoms with E-state index in [4.69, 9.17) is 4.52 Å². The van der Waals surface area contributed by atoms with Gasteiger partial charge in [0.15, 0.2) is 5.69 Å². The average molecular weight is 333 g/mol. The second-order valence-electron chi connectivity index (χ2n) is 4.59. The van der Waals surface area contributed by atoms with E-state index in [2.05, 4.69) is 15.1 Å². The molecule has 120 valence electrons. The van der Waals surface area contributed by atoms with Crippen LogP contribution in [0.4, 0.5) is 13.2 Å². The van der Waals surface area contributed by atoms with Gasteiger partial charge in [-0.25, -0.2) is 4.98 Å². The summed E-state index contributed by atoms with van der Waals surface area (Å²) in [6, 6.07) is 0.452. The van der Waals surface area contributed by atoms with E-state index in [1.807, 2.05) is 6.92 Å². The van der Waals surface area contributed by atoms with Gasteiger partial charge in [0.05, 0.1) is 11.4 Å². The number of hydrogen-bond acceptors (Lipinski definition) is 5. The fourth-order valence-electron chi connectivity index (χ4n) is 1.87. The summed E-state index contributed by atoms with van der Waals surface area (Å²) in [7, 11) is 0. The molecule has 5 nitrogen and oxygen atoms in total. The molecule has 0 amide bonds. The number of nitrogens with one attached hydrogen (secondary N) is 1. The zero-order valence-electron chi connectivity index (χ0n) is 12.0. The minimum atomic E-state index is -4.63. The molecular formula is C13H14F3N3O2S. The van der Waals surface area contributed by atoms with Gasteiger partial charge in [-0.05, 0) is 13.3 Å². The van der Waals surface area contributed by atoms with Crippen LogP contribution in [0.25, 0.3) is 0 Å². The molecule has 0 saturated carbocycles. The predicted octanol–water partition coefficient (Wildman–Crippen LogP) is 3.08. The normalized spacial score (nSPS) is 11.9. The van der Waals surface area contributed by atoms with E-state index in [0.717, 1.165) is 11.3 Å². The monoisotopic (exact) mass is 333 g/mol. The van der Waals surface area contributed by atoms with E-state index in [9.17, 15) is 18.0 Å². The number of halogens is 3. The Morgan fingerprint density at radius 1 is 1.36 bits per heavy atom. The van der Waals surface area contributed by atoms with Crippen molar-refractivity contribution in [3.05, 3.63) is 45.0 Å². The molecule has 2 heterocycles. The molecule has 0 aromatic carbocycles. The average Bonchev–Trinajstić information content (AvgIpc) is 2.78. The molecular weight excluding hydrogens is 319 g/mol. The fourth-order valence-corrected chi connectivity index (χ4v) is 2.88. The van der Waals surface area contributed by atoms with Gasteiger partial charge in [0.25, 0.3) is 5.56 Å². The summed E-state index contributed by atoms with van der Waals surface area (Å²) in [6.07, 6.45) is -3.92. The number of hydrogen-bond donors (Lipinski definition) is 1. The van der Waals surface area contributed by atoms with Gasteiger partial charge in [0, 0.05) is 17.4 Å². The summed E-state index contributed by atoms with van der Waals surface area (Å²) in [6.45, 7) is 3.73. The van der Waals surface area contributed by atoms with Crippen molar-refractivity contribution in [2.75, 3.05) is 0 Å². The van der Waals surface area contributed by atoms with E-state index in [1.54, 1.807) is 6.92 Å². The molecule has 0 fully saturated rings. The molecule has 0 aliphatic rings. The minimum absolute atomic E-state index is 0.00280. The van der Waals surface area contributed by atoms with Gasteiger partial charge in [-0.1, -0.05) is 12.1 Å². The van der Waals surface area contributed by atoms with Crippen molar-refractivity contribution in [2.24, 2.45) is 0 Å². The molecule has 0 aliphatic heterocycles. The first-order valence-electron chi connectivity index (χ1n) is 6.50. The Morgan fingerprint density at radius 3 is 2.73 bits per heavy atom. The van der Waals surface area contributed by atoms with Crippen LogP contribution in [0.1, 0.15) is 35.5 Å². The summed E-state index contributed by atoms with van der Waals surface area (Å²) < 4.78 is 42.9. The van der Waals surface area contributed by atoms with Gasteiger partial charge < -0.3 is 9.51 Å². The van der Waals surface area contributed by atoms with E-state index < -0.39 is 17.4 Å². The lowest BCUT2D eigenvalue weighted by molar-refractivity contribution is -0.141. The summed E-state index contributed by atoms with van der Waals surface area (Å²) in [5, 5.41) is 3.91. The van der Waals surface area contributed by atoms with Gasteiger partial charge >= 0.3 is 6.18 Å². The molecule has 0 saturated heterocycles. The van der Waals surface area contributed by atoms with Crippen LogP contribution in [0, 0.1) is 6.92 Å². The molecule has 0 spiro atoms. The highest BCUT2D eigenvalue weighted by Crippen LogP contribution is 2.27. The molecule has 2 rings (SSSR count). The van der Waals surface area contributed by atoms with Crippen LogP contribution in [0.15, 0.2) is 15.4 Å². The number of rotatable bonds is 5. The third kappa shape index (κ3) is 3.90. The maximum absolute atomic E-state index is 12.6. The fraction of sp³-hybridized carbons (Fsp3) is 0.462. The number of H-pyrrole nitrogens is 1. The standard InChI is InChI=1S/C13H14F3N3O2S/c1-3-9-8(7(2)21-19-9)5-22-6-11-17-10(13(14,15)16)4-12(20)18-11/h4H,3,5-6H2,1-2H3,(H,17,18,20). The van der Waals surface area contributed by atoms with Crippen LogP contribution in [0.5, 0.6) is 0 Å². The second-order valence-corrected chi connectivity index (χ2v) is 5.57. The van der Waals surface area contributed by atoms with E-state index >= 15 is 0 Å². The molecule has 22 heavy (non-hydrogen) atoms. The highest BCUT2D eigenvalue weighted by Gasteiger charge is 2.33. The number of aromatic nitrogens is 3. The Hall–Kier alpha value is -1.77. The quantitative estimate of drug-likeness (QED) is 0.910. The first kappa shape index (κ1) is 16.6. The number of thioether (sulfide) groups is 1. The van der Waals surface area contributed by atoms with Crippen molar-refractivity contribution in [1.29, 1.82) is 0 Å². The topological polar surface area (TPSA) is 71.8 Å². The largest absolute Gasteiger partial charge is 0.433 e. The molecule has 0 bridgehead atoms. The van der Waals surface area contributed by atoms with Crippen LogP contribution in [-0.4, -0.2) is 15.1 Å². The van der Waals surface area contributed by atoms with Crippen molar-refractivity contribution in [3.8, 4) is 0 Å². The summed E-state index contributed by atoms with van der Waals surface area (Å²) in [5.41, 5.74) is -0.229. The number of alkyl halides is 3. The summed E-state index contributed by atoms with van der Waals surface area (Å²) >= 11 is 1.34. The Kier molecular flexibility index (Phi) is 4.94. The Bertz CT molecular complexity index is 709. The molecule has 0 atom stereocenters. The van der Waals surface area contributed by atoms with Gasteiger partial charge in [-0.3, -0.25) is 4.79 Å². The SMILES string of the molecule is CCc1noc(C)c1CSCc1nc(C(F)(F)F)cc(=O)[nH]1. The third-order valence-electron chi connectivity index (χ3n) is 2.97. The van der Waals surface area contributed by atoms with Crippen LogP contribution in [-0.2, 0) is 24.1 Å². The Labute approximate surface area is 128 Å². The smallest absolute Gasteiger partial charge is 0.361 e. The van der Waals surface area contributed by atoms with Crippen molar-refractivity contribution in [1.82, 2.24) is 15.1 Å². The minimum Gasteiger partial charge on any atom is -0.361 e. The van der Waals surface area contributed by atoms with E-state index in [0.29, 0.717) is 24.0 Å². The van der Waals surface area contributed by atoms with Crippen molar-refractivity contribution in [3.63, 3.8) is 0 Å². The van der Waals surface area contributed by atoms with Gasteiger partial charge in [-0.15, -0.1) is 11.8 Å². The number of aryl methyl sites for hydroxylation is 2. The zero-order valence-corrected chi connectivity index (χ0v) is 12.8. The zero-order chi connectivity index (χ0) is 16.3. The first-order valence-corrected chi connectivity index (χ1v) is 7.66. The number of nitrogens with zero attached hydrogens (tertiary/aromatic N) is 2. The van der Waals surface area contributed by atoms with Gasteiger partial charge in [0.2, 0.25) is 0 Å². The molecule has 0 radical (unpaired) electrons. The Balaban J connectivity index is 2.07. The van der Waals surface area contributed by atoms with Gasteiger partial charge in [0.1, 0.15) is 11.6 Å². The molecule has 9 heteroatoms. The Morgan fingerprint density at radius 2 is 2.09 bits per heavy atom. The van der Waals surface area contributed by atoms with Crippen LogP contribution in [0.3, 0.4) is 0 Å². The van der Waals surface area contributed by atoms with Crippen LogP contribution < -0.4 is 5.56 Å². The lowest BCUT2D eigenvalue weighted by Gasteiger charge is -2.07. The van der Waals surface area contributed by atoms with Crippen LogP contribution in [0.2, 0.25) is 0 Å². The molecule has 0 unspecified atom stereocenters. The molecule has 1 N–H and O–H groups in total. The molecule has 2 aromatic rings. The van der Waals surface area contributed by atoms with E-state index in [1.165, 1.54) is 11.8 Å². The third-order valence-corrected chi connectivity index (χ3v) is 3.94. The van der Waals surface area contributed by atoms with E-state index in [-0.39, 0.29) is 11.6 Å². The lowest BCUT2D eigenvalue weighted by Crippen LogP contribution is -2.18. The predicted molar refractivity (Wildman–Crippen MR) is 75.5 cm³/mol. The van der Waals surface area contributed by atoms with Crippen molar-refractivity contribution < 1.29 is 17.7 Å². The van der Waals surface area contributed by atoms with Crippen molar-refractivity contribution >= 4 is 11.8 Å². The summed E-state index contributed by atoms with van der Waals surface area (Å²) in [4.78, 5) is 17.0.